The second kappa shape index (κ2) is 10.4. The number of rotatable bonds is 8. The molecule has 0 fully saturated rings. The Morgan fingerprint density at radius 2 is 1.76 bits per heavy atom. The molecular formula is C27H21ClFN3O6. The van der Waals surface area contributed by atoms with Gasteiger partial charge in [0, 0.05) is 23.8 Å². The molecule has 3 aromatic carbocycles. The Kier molecular flexibility index (Phi) is 6.89. The quantitative estimate of drug-likeness (QED) is 0.258. The van der Waals surface area contributed by atoms with Crippen molar-refractivity contribution in [3.8, 4) is 40.0 Å². The van der Waals surface area contributed by atoms with Crippen LogP contribution in [0.4, 0.5) is 4.39 Å². The van der Waals surface area contributed by atoms with Crippen LogP contribution in [0.25, 0.3) is 28.0 Å². The fraction of sp³-hybridized carbons (Fsp3) is 0.148. The van der Waals surface area contributed by atoms with E-state index in [9.17, 15) is 9.18 Å². The Bertz CT molecular complexity index is 1700. The largest absolute Gasteiger partial charge is 0.496 e. The molecule has 11 heteroatoms. The van der Waals surface area contributed by atoms with E-state index in [1.165, 1.54) is 44.2 Å². The van der Waals surface area contributed by atoms with Gasteiger partial charge in [-0.15, -0.1) is 5.10 Å². The Hall–Kier alpha value is -4.57. The third-order valence-electron chi connectivity index (χ3n) is 5.76. The Morgan fingerprint density at radius 1 is 0.947 bits per heavy atom. The molecular weight excluding hydrogens is 517 g/mol. The van der Waals surface area contributed by atoms with Crippen LogP contribution >= 0.6 is 11.6 Å². The highest BCUT2D eigenvalue weighted by atomic mass is 35.5. The second-order valence-corrected chi connectivity index (χ2v) is 8.49. The summed E-state index contributed by atoms with van der Waals surface area (Å²) in [5.41, 5.74) is 1.76. The Balaban J connectivity index is 1.39. The molecule has 0 bridgehead atoms. The summed E-state index contributed by atoms with van der Waals surface area (Å²) in [6, 6.07) is 14.1. The minimum Gasteiger partial charge on any atom is -0.496 e. The molecule has 0 saturated carbocycles. The SMILES string of the molecule is COc1cc(OC)c2c(=O)cc(-c3ccc(OCc4cn(-c5ccc(F)c(Cl)c5)nn4)c(OC)c3)oc2c1. The number of methoxy groups -OCH3 is 3. The average Bonchev–Trinajstić information content (AvgIpc) is 3.41. The molecule has 0 radical (unpaired) electrons. The number of ether oxygens (including phenoxy) is 4. The maximum absolute atomic E-state index is 13.4. The lowest BCUT2D eigenvalue weighted by molar-refractivity contribution is 0.280. The van der Waals surface area contributed by atoms with Crippen molar-refractivity contribution in [2.24, 2.45) is 0 Å². The van der Waals surface area contributed by atoms with Gasteiger partial charge in [0.05, 0.1) is 38.2 Å². The first-order valence-electron chi connectivity index (χ1n) is 11.3. The van der Waals surface area contributed by atoms with Crippen molar-refractivity contribution in [1.82, 2.24) is 15.0 Å². The van der Waals surface area contributed by atoms with Crippen molar-refractivity contribution in [3.63, 3.8) is 0 Å². The highest BCUT2D eigenvalue weighted by molar-refractivity contribution is 6.30. The standard InChI is InChI=1S/C27H21ClFN3O6/c1-34-18-10-25(36-3)27-21(33)12-23(38-26(27)11-18)15-4-7-22(24(8-15)35-2)37-14-16-13-32(31-30-16)17-5-6-20(29)19(28)9-17/h4-13H,14H2,1-3H3. The van der Waals surface area contributed by atoms with Crippen LogP contribution in [0.1, 0.15) is 5.69 Å². The van der Waals surface area contributed by atoms with E-state index < -0.39 is 5.82 Å². The molecule has 0 amide bonds. The van der Waals surface area contributed by atoms with Crippen LogP contribution in [-0.2, 0) is 6.61 Å². The highest BCUT2D eigenvalue weighted by Gasteiger charge is 2.16. The lowest BCUT2D eigenvalue weighted by atomic mass is 10.1. The van der Waals surface area contributed by atoms with E-state index in [4.69, 9.17) is 35.0 Å². The van der Waals surface area contributed by atoms with Crippen LogP contribution < -0.4 is 24.4 Å². The molecule has 0 N–H and O–H groups in total. The molecule has 0 saturated heterocycles. The van der Waals surface area contributed by atoms with E-state index in [1.807, 2.05) is 0 Å². The van der Waals surface area contributed by atoms with Gasteiger partial charge in [0.2, 0.25) is 0 Å². The number of benzene rings is 3. The molecule has 0 aliphatic carbocycles. The fourth-order valence-corrected chi connectivity index (χ4v) is 4.03. The minimum absolute atomic E-state index is 0.0128. The molecule has 38 heavy (non-hydrogen) atoms. The first-order valence-corrected chi connectivity index (χ1v) is 11.7. The van der Waals surface area contributed by atoms with Crippen LogP contribution in [-0.4, -0.2) is 36.3 Å². The molecule has 0 atom stereocenters. The van der Waals surface area contributed by atoms with Gasteiger partial charge in [-0.1, -0.05) is 16.8 Å². The number of hydrogen-bond donors (Lipinski definition) is 0. The van der Waals surface area contributed by atoms with Gasteiger partial charge < -0.3 is 23.4 Å². The minimum atomic E-state index is -0.517. The first kappa shape index (κ1) is 25.1. The topological polar surface area (TPSA) is 97.8 Å². The predicted molar refractivity (Wildman–Crippen MR) is 138 cm³/mol. The molecule has 0 spiro atoms. The predicted octanol–water partition coefficient (Wildman–Crippen LogP) is 5.44. The first-order chi connectivity index (χ1) is 18.4. The lowest BCUT2D eigenvalue weighted by Gasteiger charge is -2.12. The molecule has 0 aliphatic rings. The van der Waals surface area contributed by atoms with Gasteiger partial charge in [0.1, 0.15) is 46.3 Å². The normalized spacial score (nSPS) is 11.0. The van der Waals surface area contributed by atoms with Crippen molar-refractivity contribution < 1.29 is 27.8 Å². The average molecular weight is 538 g/mol. The Labute approximate surface area is 220 Å². The zero-order valence-corrected chi connectivity index (χ0v) is 21.3. The van der Waals surface area contributed by atoms with E-state index in [-0.39, 0.29) is 17.1 Å². The molecule has 2 heterocycles. The van der Waals surface area contributed by atoms with Gasteiger partial charge in [0.25, 0.3) is 0 Å². The van der Waals surface area contributed by atoms with E-state index in [0.29, 0.717) is 56.7 Å². The van der Waals surface area contributed by atoms with Gasteiger partial charge in [0.15, 0.2) is 16.9 Å². The van der Waals surface area contributed by atoms with Crippen LogP contribution in [0.3, 0.4) is 0 Å². The summed E-state index contributed by atoms with van der Waals surface area (Å²) in [4.78, 5) is 12.9. The summed E-state index contributed by atoms with van der Waals surface area (Å²) in [5, 5.41) is 8.43. The summed E-state index contributed by atoms with van der Waals surface area (Å²) in [7, 11) is 4.50. The monoisotopic (exact) mass is 537 g/mol. The fourth-order valence-electron chi connectivity index (χ4n) is 3.86. The van der Waals surface area contributed by atoms with Crippen LogP contribution in [0, 0.1) is 5.82 Å². The summed E-state index contributed by atoms with van der Waals surface area (Å²) < 4.78 is 43.0. The van der Waals surface area contributed by atoms with Crippen molar-refractivity contribution in [3.05, 3.63) is 87.6 Å². The summed E-state index contributed by atoms with van der Waals surface area (Å²) in [6.45, 7) is 0.0925. The van der Waals surface area contributed by atoms with Crippen LogP contribution in [0.2, 0.25) is 5.02 Å². The van der Waals surface area contributed by atoms with Crippen LogP contribution in [0.5, 0.6) is 23.0 Å². The van der Waals surface area contributed by atoms with E-state index >= 15 is 0 Å². The number of aromatic nitrogens is 3. The molecule has 5 aromatic rings. The summed E-state index contributed by atoms with van der Waals surface area (Å²) >= 11 is 5.86. The van der Waals surface area contributed by atoms with Crippen molar-refractivity contribution in [2.45, 2.75) is 6.61 Å². The van der Waals surface area contributed by atoms with Crippen LogP contribution in [0.15, 0.2) is 70.0 Å². The van der Waals surface area contributed by atoms with E-state index in [1.54, 1.807) is 42.6 Å². The molecule has 0 unspecified atom stereocenters. The Morgan fingerprint density at radius 3 is 2.50 bits per heavy atom. The van der Waals surface area contributed by atoms with E-state index in [2.05, 4.69) is 10.3 Å². The van der Waals surface area contributed by atoms with Crippen molar-refractivity contribution in [2.75, 3.05) is 21.3 Å². The summed E-state index contributed by atoms with van der Waals surface area (Å²) in [6.07, 6.45) is 1.65. The molecule has 9 nitrogen and oxygen atoms in total. The van der Waals surface area contributed by atoms with Crippen molar-refractivity contribution >= 4 is 22.6 Å². The molecule has 5 rings (SSSR count). The van der Waals surface area contributed by atoms with Crippen molar-refractivity contribution in [1.29, 1.82) is 0 Å². The third-order valence-corrected chi connectivity index (χ3v) is 6.05. The number of fused-ring (bicyclic) bond motifs is 1. The maximum Gasteiger partial charge on any atom is 0.197 e. The number of nitrogens with zero attached hydrogens (tertiary/aromatic N) is 3. The molecule has 0 aliphatic heterocycles. The third kappa shape index (κ3) is 4.85. The second-order valence-electron chi connectivity index (χ2n) is 8.08. The number of hydrogen-bond acceptors (Lipinski definition) is 8. The molecule has 2 aromatic heterocycles. The van der Waals surface area contributed by atoms with Gasteiger partial charge in [-0.05, 0) is 36.4 Å². The van der Waals surface area contributed by atoms with Gasteiger partial charge in [-0.2, -0.15) is 0 Å². The zero-order valence-electron chi connectivity index (χ0n) is 20.5. The van der Waals surface area contributed by atoms with Gasteiger partial charge in [-0.25, -0.2) is 9.07 Å². The zero-order chi connectivity index (χ0) is 26.8. The summed E-state index contributed by atoms with van der Waals surface area (Å²) in [5.74, 6) is 1.55. The smallest absolute Gasteiger partial charge is 0.197 e. The maximum atomic E-state index is 13.4. The highest BCUT2D eigenvalue weighted by Crippen LogP contribution is 2.35. The van der Waals surface area contributed by atoms with Gasteiger partial charge in [-0.3, -0.25) is 4.79 Å². The van der Waals surface area contributed by atoms with E-state index in [0.717, 1.165) is 0 Å². The van der Waals surface area contributed by atoms with Gasteiger partial charge >= 0.3 is 0 Å². The number of halogens is 2. The molecule has 194 valence electrons. The lowest BCUT2D eigenvalue weighted by Crippen LogP contribution is -2.03.